The van der Waals surface area contributed by atoms with Crippen molar-refractivity contribution in [1.29, 1.82) is 0 Å². The number of carbonyl (C=O) groups is 1. The molecule has 25 heavy (non-hydrogen) atoms. The Hall–Kier alpha value is -2.48. The molecule has 1 aromatic carbocycles. The fourth-order valence-electron chi connectivity index (χ4n) is 2.82. The molecule has 1 fully saturated rings. The summed E-state index contributed by atoms with van der Waals surface area (Å²) < 4.78 is 28.4. The first kappa shape index (κ1) is 17.3. The number of nitrogens with zero attached hydrogens (tertiary/aromatic N) is 1. The van der Waals surface area contributed by atoms with E-state index in [9.17, 15) is 18.3 Å². The monoisotopic (exact) mass is 364 g/mol. The van der Waals surface area contributed by atoms with Crippen LogP contribution in [-0.2, 0) is 22.9 Å². The Bertz CT molecular complexity index is 832. The van der Waals surface area contributed by atoms with Crippen LogP contribution in [0.15, 0.2) is 47.1 Å². The van der Waals surface area contributed by atoms with E-state index in [0.29, 0.717) is 17.7 Å². The van der Waals surface area contributed by atoms with Gasteiger partial charge < -0.3 is 19.7 Å². The molecule has 0 radical (unpaired) electrons. The Balaban J connectivity index is 1.73. The summed E-state index contributed by atoms with van der Waals surface area (Å²) in [5, 5.41) is 12.7. The van der Waals surface area contributed by atoms with Gasteiger partial charge >= 0.3 is 6.03 Å². The Kier molecular flexibility index (Phi) is 4.98. The molecule has 1 atom stereocenters. The van der Waals surface area contributed by atoms with E-state index in [-0.39, 0.29) is 42.4 Å². The number of amides is 2. The zero-order valence-corrected chi connectivity index (χ0v) is 14.4. The summed E-state index contributed by atoms with van der Waals surface area (Å²) in [6, 6.07) is 9.49. The Labute approximate surface area is 146 Å². The van der Waals surface area contributed by atoms with Gasteiger partial charge in [0.2, 0.25) is 0 Å². The van der Waals surface area contributed by atoms with Crippen molar-refractivity contribution in [2.75, 3.05) is 11.5 Å². The Morgan fingerprint density at radius 1 is 1.24 bits per heavy atom. The third-order valence-electron chi connectivity index (χ3n) is 4.13. The number of para-hydroxylation sites is 1. The van der Waals surface area contributed by atoms with Gasteiger partial charge in [-0.15, -0.1) is 0 Å². The van der Waals surface area contributed by atoms with E-state index in [1.807, 2.05) is 0 Å². The molecule has 2 amide bonds. The topological polar surface area (TPSA) is 99.9 Å². The van der Waals surface area contributed by atoms with E-state index in [4.69, 9.17) is 4.42 Å². The zero-order chi connectivity index (χ0) is 17.9. The van der Waals surface area contributed by atoms with Gasteiger partial charge in [0.05, 0.1) is 30.9 Å². The van der Waals surface area contributed by atoms with Crippen molar-refractivity contribution in [3.63, 3.8) is 0 Å². The van der Waals surface area contributed by atoms with Crippen molar-refractivity contribution >= 4 is 15.9 Å². The summed E-state index contributed by atoms with van der Waals surface area (Å²) in [6.45, 7) is 0.394. The van der Waals surface area contributed by atoms with E-state index in [0.717, 1.165) is 0 Å². The lowest BCUT2D eigenvalue weighted by Gasteiger charge is -2.24. The summed E-state index contributed by atoms with van der Waals surface area (Å²) in [4.78, 5) is 14.1. The second-order valence-electron chi connectivity index (χ2n) is 6.11. The van der Waals surface area contributed by atoms with Gasteiger partial charge in [-0.25, -0.2) is 13.2 Å². The molecule has 3 rings (SSSR count). The van der Waals surface area contributed by atoms with Crippen LogP contribution in [0.1, 0.15) is 17.7 Å². The maximum absolute atomic E-state index is 12.6. The third-order valence-corrected chi connectivity index (χ3v) is 5.89. The van der Waals surface area contributed by atoms with Crippen LogP contribution in [0.2, 0.25) is 0 Å². The van der Waals surface area contributed by atoms with Crippen molar-refractivity contribution < 1.29 is 22.7 Å². The van der Waals surface area contributed by atoms with E-state index >= 15 is 0 Å². The highest BCUT2D eigenvalue weighted by Crippen LogP contribution is 2.20. The highest BCUT2D eigenvalue weighted by molar-refractivity contribution is 7.91. The molecule has 1 aliphatic rings. The second-order valence-corrected chi connectivity index (χ2v) is 8.34. The van der Waals surface area contributed by atoms with E-state index < -0.39 is 9.84 Å². The maximum Gasteiger partial charge on any atom is 0.318 e. The van der Waals surface area contributed by atoms with E-state index in [2.05, 4.69) is 5.32 Å². The van der Waals surface area contributed by atoms with Crippen LogP contribution in [0.3, 0.4) is 0 Å². The van der Waals surface area contributed by atoms with Crippen LogP contribution >= 0.6 is 0 Å². The first-order chi connectivity index (χ1) is 11.9. The van der Waals surface area contributed by atoms with Gasteiger partial charge in [0.15, 0.2) is 9.84 Å². The number of phenolic OH excluding ortho intramolecular Hbond substituents is 1. The fourth-order valence-corrected chi connectivity index (χ4v) is 4.49. The summed E-state index contributed by atoms with van der Waals surface area (Å²) in [5.74, 6) is 0.757. The molecule has 0 bridgehead atoms. The van der Waals surface area contributed by atoms with Crippen LogP contribution in [0.4, 0.5) is 4.79 Å². The molecule has 0 unspecified atom stereocenters. The van der Waals surface area contributed by atoms with Gasteiger partial charge in [0.25, 0.3) is 0 Å². The summed E-state index contributed by atoms with van der Waals surface area (Å²) in [6.07, 6.45) is 1.94. The molecule has 2 heterocycles. The summed E-state index contributed by atoms with van der Waals surface area (Å²) in [7, 11) is -3.07. The predicted octanol–water partition coefficient (Wildman–Crippen LogP) is 1.88. The molecular weight excluding hydrogens is 344 g/mol. The number of aromatic hydroxyl groups is 1. The summed E-state index contributed by atoms with van der Waals surface area (Å²) in [5.41, 5.74) is 0.600. The normalized spacial score (nSPS) is 18.8. The second kappa shape index (κ2) is 7.18. The quantitative estimate of drug-likeness (QED) is 0.844. The average molecular weight is 364 g/mol. The molecule has 0 spiro atoms. The average Bonchev–Trinajstić information content (AvgIpc) is 3.18. The number of phenols is 1. The first-order valence-corrected chi connectivity index (χ1v) is 9.80. The van der Waals surface area contributed by atoms with Crippen LogP contribution in [0.25, 0.3) is 0 Å². The number of sulfone groups is 1. The van der Waals surface area contributed by atoms with Gasteiger partial charge in [-0.05, 0) is 24.6 Å². The van der Waals surface area contributed by atoms with Gasteiger partial charge in [-0.2, -0.15) is 0 Å². The van der Waals surface area contributed by atoms with Gasteiger partial charge in [0, 0.05) is 11.6 Å². The van der Waals surface area contributed by atoms with Crippen molar-refractivity contribution in [3.8, 4) is 5.75 Å². The number of carbonyl (C=O) groups excluding carboxylic acids is 1. The molecule has 7 nitrogen and oxygen atoms in total. The molecule has 1 aliphatic heterocycles. The van der Waals surface area contributed by atoms with Crippen molar-refractivity contribution in [2.45, 2.75) is 25.6 Å². The maximum atomic E-state index is 12.6. The molecular formula is C17H20N2O5S. The molecule has 134 valence electrons. The largest absolute Gasteiger partial charge is 0.508 e. The van der Waals surface area contributed by atoms with Crippen molar-refractivity contribution in [3.05, 3.63) is 54.0 Å². The molecule has 1 saturated heterocycles. The lowest BCUT2D eigenvalue weighted by molar-refractivity contribution is 0.183. The third kappa shape index (κ3) is 4.54. The minimum atomic E-state index is -3.07. The Morgan fingerprint density at radius 3 is 2.68 bits per heavy atom. The van der Waals surface area contributed by atoms with Gasteiger partial charge in [-0.3, -0.25) is 0 Å². The van der Waals surface area contributed by atoms with E-state index in [1.54, 1.807) is 36.4 Å². The van der Waals surface area contributed by atoms with E-state index in [1.165, 1.54) is 11.2 Å². The molecule has 0 aliphatic carbocycles. The number of hydrogen-bond acceptors (Lipinski definition) is 5. The smallest absolute Gasteiger partial charge is 0.318 e. The minimum Gasteiger partial charge on any atom is -0.508 e. The van der Waals surface area contributed by atoms with Gasteiger partial charge in [-0.1, -0.05) is 18.2 Å². The molecule has 2 N–H and O–H groups in total. The SMILES string of the molecule is O=C(N[C@H]1CCS(=O)(=O)C1)N(Cc1ccco1)Cc1ccccc1O. The number of furan rings is 1. The first-order valence-electron chi connectivity index (χ1n) is 7.98. The molecule has 1 aromatic heterocycles. The highest BCUT2D eigenvalue weighted by atomic mass is 32.2. The minimum absolute atomic E-state index is 0.0378. The van der Waals surface area contributed by atoms with Gasteiger partial charge in [0.1, 0.15) is 11.5 Å². The number of nitrogens with one attached hydrogen (secondary N) is 1. The number of benzene rings is 1. The van der Waals surface area contributed by atoms with Crippen LogP contribution in [0.5, 0.6) is 5.75 Å². The van der Waals surface area contributed by atoms with Crippen LogP contribution in [-0.4, -0.2) is 42.0 Å². The zero-order valence-electron chi connectivity index (χ0n) is 13.6. The number of hydrogen-bond donors (Lipinski definition) is 2. The fraction of sp³-hybridized carbons (Fsp3) is 0.353. The van der Waals surface area contributed by atoms with Crippen molar-refractivity contribution in [1.82, 2.24) is 10.2 Å². The van der Waals surface area contributed by atoms with Crippen LogP contribution in [0, 0.1) is 0 Å². The van der Waals surface area contributed by atoms with Crippen LogP contribution < -0.4 is 5.32 Å². The Morgan fingerprint density at radius 2 is 2.04 bits per heavy atom. The predicted molar refractivity (Wildman–Crippen MR) is 91.7 cm³/mol. The highest BCUT2D eigenvalue weighted by Gasteiger charge is 2.30. The molecule has 0 saturated carbocycles. The summed E-state index contributed by atoms with van der Waals surface area (Å²) >= 11 is 0. The molecule has 8 heteroatoms. The number of urea groups is 1. The van der Waals surface area contributed by atoms with Crippen molar-refractivity contribution in [2.24, 2.45) is 0 Å². The standard InChI is InChI=1S/C17H20N2O5S/c20-16-6-2-1-4-13(16)10-19(11-15-5-3-8-24-15)17(21)18-14-7-9-25(22,23)12-14/h1-6,8,14,20H,7,9-12H2,(H,18,21)/t14-/m0/s1. The lowest BCUT2D eigenvalue weighted by Crippen LogP contribution is -2.44. The number of rotatable bonds is 5. The lowest BCUT2D eigenvalue weighted by atomic mass is 10.2. The molecule has 2 aromatic rings.